The van der Waals surface area contributed by atoms with Gasteiger partial charge in [-0.25, -0.2) is 4.39 Å². The van der Waals surface area contributed by atoms with Gasteiger partial charge in [0.2, 0.25) is 5.89 Å². The van der Waals surface area contributed by atoms with Gasteiger partial charge in [0.1, 0.15) is 5.82 Å². The monoisotopic (exact) mass is 343 g/mol. The molecule has 22 heavy (non-hydrogen) atoms. The number of nitrogens with one attached hydrogen (secondary N) is 1. The highest BCUT2D eigenvalue weighted by atomic mass is 35.5. The molecule has 1 aliphatic rings. The van der Waals surface area contributed by atoms with E-state index in [1.165, 1.54) is 6.07 Å². The summed E-state index contributed by atoms with van der Waals surface area (Å²) in [5, 5.41) is 7.66. The second-order valence-electron chi connectivity index (χ2n) is 5.72. The van der Waals surface area contributed by atoms with Gasteiger partial charge in [-0.15, -0.1) is 0 Å². The van der Waals surface area contributed by atoms with Crippen molar-refractivity contribution in [3.05, 3.63) is 45.3 Å². The lowest BCUT2D eigenvalue weighted by molar-refractivity contribution is 0.222. The van der Waals surface area contributed by atoms with E-state index < -0.39 is 5.82 Å². The largest absolute Gasteiger partial charge is 0.339 e. The van der Waals surface area contributed by atoms with E-state index in [2.05, 4.69) is 15.5 Å². The minimum Gasteiger partial charge on any atom is -0.339 e. The van der Waals surface area contributed by atoms with Crippen LogP contribution >= 0.6 is 23.2 Å². The number of halogens is 3. The maximum atomic E-state index is 14.1. The Morgan fingerprint density at radius 1 is 1.36 bits per heavy atom. The van der Waals surface area contributed by atoms with Gasteiger partial charge in [-0.05, 0) is 38.8 Å². The number of rotatable bonds is 4. The molecule has 7 heteroatoms. The predicted octanol–water partition coefficient (Wildman–Crippen LogP) is 4.42. The van der Waals surface area contributed by atoms with E-state index in [0.717, 1.165) is 12.8 Å². The molecule has 1 heterocycles. The minimum absolute atomic E-state index is 0.0453. The van der Waals surface area contributed by atoms with Gasteiger partial charge in [-0.2, -0.15) is 4.98 Å². The van der Waals surface area contributed by atoms with Gasteiger partial charge in [0.15, 0.2) is 5.82 Å². The number of hydrogen-bond donors (Lipinski definition) is 1. The summed E-state index contributed by atoms with van der Waals surface area (Å²) < 4.78 is 19.3. The molecule has 0 bridgehead atoms. The van der Waals surface area contributed by atoms with Crippen LogP contribution in [0.1, 0.15) is 49.0 Å². The SMILES string of the molecule is Cc1noc(C2CC(NC(C)c3cc(Cl)cc(Cl)c3F)C2)n1. The fourth-order valence-corrected chi connectivity index (χ4v) is 3.28. The smallest absolute Gasteiger partial charge is 0.229 e. The van der Waals surface area contributed by atoms with Gasteiger partial charge in [-0.3, -0.25) is 0 Å². The highest BCUT2D eigenvalue weighted by molar-refractivity contribution is 6.34. The number of aryl methyl sites for hydroxylation is 1. The second-order valence-corrected chi connectivity index (χ2v) is 6.57. The molecule has 2 aromatic rings. The summed E-state index contributed by atoms with van der Waals surface area (Å²) in [6.45, 7) is 3.70. The summed E-state index contributed by atoms with van der Waals surface area (Å²) in [5.41, 5.74) is 0.481. The van der Waals surface area contributed by atoms with Crippen molar-refractivity contribution in [1.29, 1.82) is 0 Å². The molecule has 1 aliphatic carbocycles. The van der Waals surface area contributed by atoms with E-state index >= 15 is 0 Å². The van der Waals surface area contributed by atoms with Crippen molar-refractivity contribution in [2.24, 2.45) is 0 Å². The van der Waals surface area contributed by atoms with Crippen LogP contribution in [0.3, 0.4) is 0 Å². The number of nitrogens with zero attached hydrogens (tertiary/aromatic N) is 2. The lowest BCUT2D eigenvalue weighted by atomic mass is 9.79. The Kier molecular flexibility index (Phi) is 4.39. The van der Waals surface area contributed by atoms with Gasteiger partial charge in [0, 0.05) is 28.6 Å². The molecule has 1 atom stereocenters. The van der Waals surface area contributed by atoms with Gasteiger partial charge in [-0.1, -0.05) is 28.4 Å². The van der Waals surface area contributed by atoms with Crippen LogP contribution in [-0.2, 0) is 0 Å². The van der Waals surface area contributed by atoms with Gasteiger partial charge < -0.3 is 9.84 Å². The Morgan fingerprint density at radius 2 is 2.09 bits per heavy atom. The molecule has 1 aromatic heterocycles. The van der Waals surface area contributed by atoms with Crippen LogP contribution in [0.2, 0.25) is 10.0 Å². The zero-order valence-corrected chi connectivity index (χ0v) is 13.7. The zero-order chi connectivity index (χ0) is 15.9. The molecular formula is C15H16Cl2FN3O. The summed E-state index contributed by atoms with van der Waals surface area (Å²) in [7, 11) is 0. The lowest BCUT2D eigenvalue weighted by Crippen LogP contribution is -2.41. The van der Waals surface area contributed by atoms with Crippen LogP contribution in [0.5, 0.6) is 0 Å². The molecule has 1 aromatic carbocycles. The van der Waals surface area contributed by atoms with Crippen LogP contribution in [0.15, 0.2) is 16.7 Å². The Labute approximate surface area is 138 Å². The number of hydrogen-bond acceptors (Lipinski definition) is 4. The molecule has 1 saturated carbocycles. The Balaban J connectivity index is 1.61. The third-order valence-electron chi connectivity index (χ3n) is 4.00. The van der Waals surface area contributed by atoms with Crippen molar-refractivity contribution in [3.8, 4) is 0 Å². The molecule has 4 nitrogen and oxygen atoms in total. The van der Waals surface area contributed by atoms with E-state index in [1.54, 1.807) is 13.0 Å². The predicted molar refractivity (Wildman–Crippen MR) is 82.8 cm³/mol. The maximum Gasteiger partial charge on any atom is 0.229 e. The first kappa shape index (κ1) is 15.7. The van der Waals surface area contributed by atoms with Crippen LogP contribution in [-0.4, -0.2) is 16.2 Å². The molecule has 118 valence electrons. The topological polar surface area (TPSA) is 51.0 Å². The standard InChI is InChI=1S/C15H16Cl2FN3O/c1-7(12-5-10(16)6-13(17)14(12)18)19-11-3-9(4-11)15-20-8(2)21-22-15/h5-7,9,11,19H,3-4H2,1-2H3. The first-order valence-corrected chi connectivity index (χ1v) is 7.90. The van der Waals surface area contributed by atoms with E-state index in [9.17, 15) is 4.39 Å². The third kappa shape index (κ3) is 3.12. The summed E-state index contributed by atoms with van der Waals surface area (Å²) >= 11 is 11.8. The van der Waals surface area contributed by atoms with Crippen molar-refractivity contribution < 1.29 is 8.91 Å². The van der Waals surface area contributed by atoms with Crippen molar-refractivity contribution >= 4 is 23.2 Å². The normalized spacial score (nSPS) is 22.4. The minimum atomic E-state index is -0.422. The Bertz CT molecular complexity index is 685. The summed E-state index contributed by atoms with van der Waals surface area (Å²) in [6, 6.07) is 3.13. The fourth-order valence-electron chi connectivity index (χ4n) is 2.77. The second kappa shape index (κ2) is 6.14. The van der Waals surface area contributed by atoms with E-state index in [0.29, 0.717) is 22.3 Å². The molecule has 0 saturated heterocycles. The summed E-state index contributed by atoms with van der Waals surface area (Å²) in [5.74, 6) is 1.18. The number of aromatic nitrogens is 2. The van der Waals surface area contributed by atoms with Gasteiger partial charge >= 0.3 is 0 Å². The number of benzene rings is 1. The van der Waals surface area contributed by atoms with Gasteiger partial charge in [0.25, 0.3) is 0 Å². The Hall–Kier alpha value is -1.17. The van der Waals surface area contributed by atoms with Crippen molar-refractivity contribution in [2.75, 3.05) is 0 Å². The van der Waals surface area contributed by atoms with Crippen LogP contribution in [0, 0.1) is 12.7 Å². The zero-order valence-electron chi connectivity index (χ0n) is 12.2. The molecule has 3 rings (SSSR count). The van der Waals surface area contributed by atoms with E-state index in [1.807, 2.05) is 6.92 Å². The molecular weight excluding hydrogens is 328 g/mol. The summed E-state index contributed by atoms with van der Waals surface area (Å²) in [6.07, 6.45) is 1.78. The van der Waals surface area contributed by atoms with E-state index in [-0.39, 0.29) is 23.0 Å². The van der Waals surface area contributed by atoms with Crippen molar-refractivity contribution in [1.82, 2.24) is 15.5 Å². The molecule has 0 radical (unpaired) electrons. The molecule has 1 N–H and O–H groups in total. The molecule has 1 unspecified atom stereocenters. The molecule has 0 amide bonds. The Morgan fingerprint density at radius 3 is 2.73 bits per heavy atom. The summed E-state index contributed by atoms with van der Waals surface area (Å²) in [4.78, 5) is 4.24. The maximum absolute atomic E-state index is 14.1. The quantitative estimate of drug-likeness (QED) is 0.834. The average Bonchev–Trinajstić information content (AvgIpc) is 2.83. The highest BCUT2D eigenvalue weighted by Gasteiger charge is 2.35. The molecule has 0 aliphatic heterocycles. The highest BCUT2D eigenvalue weighted by Crippen LogP contribution is 2.37. The molecule has 1 fully saturated rings. The average molecular weight is 344 g/mol. The van der Waals surface area contributed by atoms with E-state index in [4.69, 9.17) is 27.7 Å². The first-order chi connectivity index (χ1) is 10.4. The fraction of sp³-hybridized carbons (Fsp3) is 0.467. The third-order valence-corrected chi connectivity index (χ3v) is 4.50. The lowest BCUT2D eigenvalue weighted by Gasteiger charge is -2.35. The van der Waals surface area contributed by atoms with Crippen LogP contribution in [0.25, 0.3) is 0 Å². The first-order valence-electron chi connectivity index (χ1n) is 7.14. The van der Waals surface area contributed by atoms with Crippen molar-refractivity contribution in [2.45, 2.75) is 44.7 Å². The van der Waals surface area contributed by atoms with Gasteiger partial charge in [0.05, 0.1) is 5.02 Å². The van der Waals surface area contributed by atoms with Crippen molar-refractivity contribution in [3.63, 3.8) is 0 Å². The molecule has 0 spiro atoms. The van der Waals surface area contributed by atoms with Crippen LogP contribution in [0.4, 0.5) is 4.39 Å². The van der Waals surface area contributed by atoms with Crippen LogP contribution < -0.4 is 5.32 Å².